The van der Waals surface area contributed by atoms with Crippen molar-refractivity contribution in [3.05, 3.63) is 32.6 Å². The number of rotatable bonds is 3. The summed E-state index contributed by atoms with van der Waals surface area (Å²) in [5.74, 6) is 0. The minimum Gasteiger partial charge on any atom is -0.463 e. The quantitative estimate of drug-likeness (QED) is 0.701. The van der Waals surface area contributed by atoms with Crippen molar-refractivity contribution in [3.63, 3.8) is 0 Å². The van der Waals surface area contributed by atoms with Crippen LogP contribution in [0.1, 0.15) is 12.0 Å². The molecule has 1 aliphatic heterocycles. The van der Waals surface area contributed by atoms with Gasteiger partial charge >= 0.3 is 5.69 Å². The van der Waals surface area contributed by atoms with E-state index in [4.69, 9.17) is 10.5 Å². The van der Waals surface area contributed by atoms with Crippen LogP contribution in [0, 0.1) is 6.92 Å². The fraction of sp³-hybridized carbons (Fsp3) is 0.500. The maximum atomic E-state index is 11.5. The van der Waals surface area contributed by atoms with E-state index in [-0.39, 0.29) is 17.6 Å². The van der Waals surface area contributed by atoms with E-state index in [1.807, 2.05) is 0 Å². The molecule has 2 heterocycles. The zero-order chi connectivity index (χ0) is 12.4. The normalized spacial score (nSPS) is 18.9. The lowest BCUT2D eigenvalue weighted by Gasteiger charge is -2.07. The number of amidine groups is 1. The number of aromatic nitrogens is 2. The Morgan fingerprint density at radius 1 is 1.65 bits per heavy atom. The molecule has 0 bridgehead atoms. The maximum absolute atomic E-state index is 11.5. The van der Waals surface area contributed by atoms with Gasteiger partial charge in [-0.15, -0.1) is 0 Å². The molecule has 0 unspecified atom stereocenters. The van der Waals surface area contributed by atoms with Gasteiger partial charge in [0.15, 0.2) is 0 Å². The van der Waals surface area contributed by atoms with Gasteiger partial charge < -0.3 is 15.0 Å². The second-order valence-electron chi connectivity index (χ2n) is 3.99. The molecule has 0 aromatic carbocycles. The van der Waals surface area contributed by atoms with Crippen molar-refractivity contribution in [3.8, 4) is 0 Å². The number of hydrogen-bond acceptors (Lipinski definition) is 5. The molecular formula is C10H14N4O3. The molecule has 0 radical (unpaired) electrons. The molecule has 0 spiro atoms. The Balaban J connectivity index is 2.07. The van der Waals surface area contributed by atoms with Crippen LogP contribution in [0.25, 0.3) is 0 Å². The molecule has 1 aromatic rings. The number of aliphatic imine (C=N–C) groups is 1. The van der Waals surface area contributed by atoms with E-state index in [9.17, 15) is 9.59 Å². The van der Waals surface area contributed by atoms with E-state index in [0.717, 1.165) is 0 Å². The van der Waals surface area contributed by atoms with Crippen LogP contribution >= 0.6 is 0 Å². The topological polar surface area (TPSA) is 102 Å². The summed E-state index contributed by atoms with van der Waals surface area (Å²) < 4.78 is 6.47. The first kappa shape index (κ1) is 11.4. The second kappa shape index (κ2) is 4.44. The Labute approximate surface area is 96.9 Å². The van der Waals surface area contributed by atoms with Gasteiger partial charge in [0.1, 0.15) is 6.61 Å². The van der Waals surface area contributed by atoms with E-state index >= 15 is 0 Å². The third-order valence-electron chi connectivity index (χ3n) is 2.63. The summed E-state index contributed by atoms with van der Waals surface area (Å²) in [7, 11) is 0. The number of hydrogen-bond donors (Lipinski definition) is 2. The lowest BCUT2D eigenvalue weighted by atomic mass is 10.2. The number of aromatic amines is 1. The van der Waals surface area contributed by atoms with E-state index < -0.39 is 5.69 Å². The van der Waals surface area contributed by atoms with Crippen molar-refractivity contribution in [2.45, 2.75) is 25.9 Å². The second-order valence-corrected chi connectivity index (χ2v) is 3.99. The molecule has 1 aliphatic rings. The van der Waals surface area contributed by atoms with Crippen molar-refractivity contribution in [1.29, 1.82) is 0 Å². The molecule has 0 amide bonds. The fourth-order valence-corrected chi connectivity index (χ4v) is 1.66. The Morgan fingerprint density at radius 2 is 2.41 bits per heavy atom. The van der Waals surface area contributed by atoms with Gasteiger partial charge in [0.25, 0.3) is 11.6 Å². The predicted octanol–water partition coefficient (Wildman–Crippen LogP) is -1.05. The van der Waals surface area contributed by atoms with Crippen LogP contribution in [-0.4, -0.2) is 28.2 Å². The third-order valence-corrected chi connectivity index (χ3v) is 2.63. The zero-order valence-electron chi connectivity index (χ0n) is 9.47. The molecule has 0 saturated heterocycles. The van der Waals surface area contributed by atoms with Crippen LogP contribution < -0.4 is 17.0 Å². The number of H-pyrrole nitrogens is 1. The lowest BCUT2D eigenvalue weighted by molar-refractivity contribution is 0.303. The molecule has 1 aromatic heterocycles. The van der Waals surface area contributed by atoms with Crippen LogP contribution in [0.15, 0.2) is 20.8 Å². The summed E-state index contributed by atoms with van der Waals surface area (Å²) in [6.07, 6.45) is 2.19. The molecule has 92 valence electrons. The summed E-state index contributed by atoms with van der Waals surface area (Å²) >= 11 is 0. The van der Waals surface area contributed by atoms with E-state index in [1.165, 1.54) is 4.57 Å². The Kier molecular flexibility index (Phi) is 2.99. The van der Waals surface area contributed by atoms with E-state index in [2.05, 4.69) is 9.98 Å². The van der Waals surface area contributed by atoms with Gasteiger partial charge in [-0.2, -0.15) is 0 Å². The summed E-state index contributed by atoms with van der Waals surface area (Å²) in [5, 5.41) is 0. The van der Waals surface area contributed by atoms with Gasteiger partial charge in [-0.25, -0.2) is 9.79 Å². The molecule has 2 rings (SSSR count). The molecular weight excluding hydrogens is 224 g/mol. The van der Waals surface area contributed by atoms with Crippen LogP contribution in [-0.2, 0) is 11.3 Å². The minimum atomic E-state index is -0.406. The highest BCUT2D eigenvalue weighted by Gasteiger charge is 2.16. The van der Waals surface area contributed by atoms with Crippen LogP contribution in [0.4, 0.5) is 0 Å². The Hall–Kier alpha value is -2.05. The minimum absolute atomic E-state index is 0.0193. The highest BCUT2D eigenvalue weighted by atomic mass is 16.5. The van der Waals surface area contributed by atoms with Crippen molar-refractivity contribution >= 4 is 6.02 Å². The summed E-state index contributed by atoms with van der Waals surface area (Å²) in [4.78, 5) is 29.0. The molecule has 0 fully saturated rings. The van der Waals surface area contributed by atoms with Crippen molar-refractivity contribution in [2.24, 2.45) is 10.7 Å². The molecule has 7 heteroatoms. The van der Waals surface area contributed by atoms with Gasteiger partial charge in [-0.05, 0) is 13.3 Å². The first-order valence-electron chi connectivity index (χ1n) is 5.32. The third kappa shape index (κ3) is 2.55. The number of nitrogens with one attached hydrogen (secondary N) is 1. The number of nitrogens with zero attached hydrogens (tertiary/aromatic N) is 2. The highest BCUT2D eigenvalue weighted by molar-refractivity contribution is 5.72. The van der Waals surface area contributed by atoms with Gasteiger partial charge in [0.05, 0.1) is 6.04 Å². The first-order chi connectivity index (χ1) is 8.06. The highest BCUT2D eigenvalue weighted by Crippen LogP contribution is 2.06. The Bertz CT molecular complexity index is 557. The molecule has 1 atom stereocenters. The predicted molar refractivity (Wildman–Crippen MR) is 62.0 cm³/mol. The fourth-order valence-electron chi connectivity index (χ4n) is 1.66. The summed E-state index contributed by atoms with van der Waals surface area (Å²) in [6, 6.07) is 0.175. The van der Waals surface area contributed by atoms with E-state index in [0.29, 0.717) is 25.1 Å². The maximum Gasteiger partial charge on any atom is 0.328 e. The smallest absolute Gasteiger partial charge is 0.328 e. The monoisotopic (exact) mass is 238 g/mol. The average molecular weight is 238 g/mol. The van der Waals surface area contributed by atoms with Crippen LogP contribution in [0.2, 0.25) is 0 Å². The van der Waals surface area contributed by atoms with Crippen molar-refractivity contribution in [2.75, 3.05) is 6.61 Å². The molecule has 3 N–H and O–H groups in total. The molecule has 0 aliphatic carbocycles. The number of aryl methyl sites for hydroxylation is 2. The van der Waals surface area contributed by atoms with E-state index in [1.54, 1.807) is 13.1 Å². The van der Waals surface area contributed by atoms with Crippen LogP contribution in [0.5, 0.6) is 0 Å². The van der Waals surface area contributed by atoms with Gasteiger partial charge in [0, 0.05) is 18.3 Å². The first-order valence-corrected chi connectivity index (χ1v) is 5.32. The van der Waals surface area contributed by atoms with Gasteiger partial charge in [0.2, 0.25) is 0 Å². The average Bonchev–Trinajstić information content (AvgIpc) is 2.68. The van der Waals surface area contributed by atoms with Crippen LogP contribution in [0.3, 0.4) is 0 Å². The molecule has 0 saturated carbocycles. The SMILES string of the molecule is Cc1cn(CC[C@@H]2COC(N)=N2)c(=O)[nH]c1=O. The largest absolute Gasteiger partial charge is 0.463 e. The van der Waals surface area contributed by atoms with Crippen molar-refractivity contribution < 1.29 is 4.74 Å². The lowest BCUT2D eigenvalue weighted by Crippen LogP contribution is -2.31. The standard InChI is InChI=1S/C10H14N4O3/c1-6-4-14(10(16)13-8(6)15)3-2-7-5-17-9(11)12-7/h4,7H,2-3,5H2,1H3,(H2,11,12)(H,13,15,16)/t7-/m1/s1. The summed E-state index contributed by atoms with van der Waals surface area (Å²) in [6.45, 7) is 2.58. The molecule has 17 heavy (non-hydrogen) atoms. The Morgan fingerprint density at radius 3 is 3.06 bits per heavy atom. The molecule has 7 nitrogen and oxygen atoms in total. The number of nitrogens with two attached hydrogens (primary N) is 1. The number of ether oxygens (including phenoxy) is 1. The van der Waals surface area contributed by atoms with Gasteiger partial charge in [-0.1, -0.05) is 0 Å². The zero-order valence-corrected chi connectivity index (χ0v) is 9.47. The van der Waals surface area contributed by atoms with Gasteiger partial charge in [-0.3, -0.25) is 9.78 Å². The van der Waals surface area contributed by atoms with Crippen molar-refractivity contribution in [1.82, 2.24) is 9.55 Å². The summed E-state index contributed by atoms with van der Waals surface area (Å²) in [5.41, 5.74) is 5.13.